The highest BCUT2D eigenvalue weighted by atomic mass is 32.2. The number of rotatable bonds is 7. The molecule has 0 unspecified atom stereocenters. The van der Waals surface area contributed by atoms with Crippen molar-refractivity contribution in [2.45, 2.75) is 19.6 Å². The Bertz CT molecular complexity index is 698. The molecule has 0 spiro atoms. The molecule has 4 nitrogen and oxygen atoms in total. The minimum atomic E-state index is -0.932. The van der Waals surface area contributed by atoms with Gasteiger partial charge in [0.25, 0.3) is 0 Å². The van der Waals surface area contributed by atoms with Gasteiger partial charge in [-0.2, -0.15) is 4.40 Å². The van der Waals surface area contributed by atoms with Crippen molar-refractivity contribution in [2.24, 2.45) is 4.40 Å². The zero-order valence-electron chi connectivity index (χ0n) is 14.0. The fraction of sp³-hybridized carbons (Fsp3) is 0.263. The zero-order valence-corrected chi connectivity index (χ0v) is 14.8. The fourth-order valence-electron chi connectivity index (χ4n) is 2.41. The van der Waals surface area contributed by atoms with Gasteiger partial charge in [0, 0.05) is 24.4 Å². The summed E-state index contributed by atoms with van der Waals surface area (Å²) in [5.74, 6) is 0.540. The van der Waals surface area contributed by atoms with Crippen LogP contribution in [0.2, 0.25) is 0 Å². The van der Waals surface area contributed by atoms with E-state index in [0.29, 0.717) is 5.56 Å². The summed E-state index contributed by atoms with van der Waals surface area (Å²) in [4.78, 5) is 13.6. The van der Waals surface area contributed by atoms with Crippen LogP contribution in [0.3, 0.4) is 0 Å². The fourth-order valence-corrected chi connectivity index (χ4v) is 3.15. The quantitative estimate of drug-likeness (QED) is 0.462. The Balaban J connectivity index is 2.31. The van der Waals surface area contributed by atoms with Crippen LogP contribution in [0.15, 0.2) is 59.0 Å². The average molecular weight is 342 g/mol. The summed E-state index contributed by atoms with van der Waals surface area (Å²) in [7, 11) is 0. The first kappa shape index (κ1) is 18.1. The number of carboxylic acids is 1. The molecule has 0 amide bonds. The van der Waals surface area contributed by atoms with Crippen molar-refractivity contribution in [2.75, 3.05) is 13.1 Å². The molecule has 0 aliphatic rings. The predicted octanol–water partition coefficient (Wildman–Crippen LogP) is 4.32. The van der Waals surface area contributed by atoms with Gasteiger partial charge in [-0.25, -0.2) is 4.79 Å². The molecule has 0 bridgehead atoms. The Hall–Kier alpha value is -2.27. The van der Waals surface area contributed by atoms with E-state index in [-0.39, 0.29) is 5.56 Å². The third-order valence-corrected chi connectivity index (χ3v) is 4.45. The number of benzene rings is 2. The van der Waals surface area contributed by atoms with Crippen molar-refractivity contribution in [1.29, 1.82) is 0 Å². The summed E-state index contributed by atoms with van der Waals surface area (Å²) in [5, 5.41) is 9.46. The molecular weight excluding hydrogens is 320 g/mol. The smallest absolute Gasteiger partial charge is 0.336 e. The zero-order chi connectivity index (χ0) is 17.4. The van der Waals surface area contributed by atoms with Crippen LogP contribution < -0.4 is 0 Å². The van der Waals surface area contributed by atoms with Crippen molar-refractivity contribution in [3.63, 3.8) is 0 Å². The van der Waals surface area contributed by atoms with Crippen LogP contribution in [0.25, 0.3) is 0 Å². The van der Waals surface area contributed by atoms with Crippen LogP contribution in [0.4, 0.5) is 0 Å². The van der Waals surface area contributed by atoms with Gasteiger partial charge in [-0.3, -0.25) is 0 Å². The first-order valence-electron chi connectivity index (χ1n) is 7.98. The van der Waals surface area contributed by atoms with Crippen LogP contribution in [-0.4, -0.2) is 34.9 Å². The van der Waals surface area contributed by atoms with E-state index >= 15 is 0 Å². The maximum atomic E-state index is 11.5. The van der Waals surface area contributed by atoms with Crippen molar-refractivity contribution >= 4 is 23.8 Å². The number of hydrogen-bond donors (Lipinski definition) is 1. The maximum Gasteiger partial charge on any atom is 0.336 e. The second-order valence-electron chi connectivity index (χ2n) is 5.20. The van der Waals surface area contributed by atoms with Crippen molar-refractivity contribution in [3.8, 4) is 0 Å². The van der Waals surface area contributed by atoms with E-state index in [2.05, 4.69) is 21.4 Å². The van der Waals surface area contributed by atoms with Gasteiger partial charge >= 0.3 is 5.97 Å². The molecule has 0 aliphatic carbocycles. The molecule has 0 atom stereocenters. The van der Waals surface area contributed by atoms with E-state index in [9.17, 15) is 9.90 Å². The summed E-state index contributed by atoms with van der Waals surface area (Å²) < 4.78 is 4.67. The maximum absolute atomic E-state index is 11.5. The summed E-state index contributed by atoms with van der Waals surface area (Å²) in [5.41, 5.74) is 2.13. The Morgan fingerprint density at radius 3 is 2.17 bits per heavy atom. The van der Waals surface area contributed by atoms with Gasteiger partial charge < -0.3 is 10.0 Å². The van der Waals surface area contributed by atoms with Gasteiger partial charge in [0.05, 0.1) is 5.56 Å². The second-order valence-corrected chi connectivity index (χ2v) is 5.93. The Kier molecular flexibility index (Phi) is 6.88. The van der Waals surface area contributed by atoms with Gasteiger partial charge in [0.15, 0.2) is 0 Å². The van der Waals surface area contributed by atoms with E-state index in [0.717, 1.165) is 24.7 Å². The molecule has 0 radical (unpaired) electrons. The summed E-state index contributed by atoms with van der Waals surface area (Å²) in [6.45, 7) is 5.64. The molecule has 0 aliphatic heterocycles. The van der Waals surface area contributed by atoms with Crippen LogP contribution in [0.1, 0.15) is 35.3 Å². The van der Waals surface area contributed by atoms with Gasteiger partial charge in [-0.1, -0.05) is 48.5 Å². The summed E-state index contributed by atoms with van der Waals surface area (Å²) >= 11 is 1.44. The highest BCUT2D eigenvalue weighted by Gasteiger charge is 2.18. The second kappa shape index (κ2) is 9.13. The first-order valence-corrected chi connectivity index (χ1v) is 8.93. The molecule has 24 heavy (non-hydrogen) atoms. The van der Waals surface area contributed by atoms with E-state index < -0.39 is 5.97 Å². The molecule has 1 N–H and O–H groups in total. The van der Waals surface area contributed by atoms with Gasteiger partial charge in [-0.05, 0) is 37.4 Å². The molecule has 5 heteroatoms. The molecule has 0 heterocycles. The lowest BCUT2D eigenvalue weighted by atomic mass is 10.1. The average Bonchev–Trinajstić information content (AvgIpc) is 2.62. The van der Waals surface area contributed by atoms with Gasteiger partial charge in [0.1, 0.15) is 5.84 Å². The van der Waals surface area contributed by atoms with Crippen LogP contribution >= 0.6 is 11.9 Å². The molecule has 2 rings (SSSR count). The SMILES string of the molecule is CCN(CC)/C(=N/SCc1ccccc1)c1ccccc1C(=O)O. The van der Waals surface area contributed by atoms with E-state index in [1.165, 1.54) is 17.5 Å². The summed E-state index contributed by atoms with van der Waals surface area (Å²) in [6.07, 6.45) is 0. The number of aromatic carboxylic acids is 1. The van der Waals surface area contributed by atoms with Gasteiger partial charge in [0.2, 0.25) is 0 Å². The number of carbonyl (C=O) groups is 1. The van der Waals surface area contributed by atoms with E-state index in [4.69, 9.17) is 0 Å². The highest BCUT2D eigenvalue weighted by Crippen LogP contribution is 2.19. The Labute approximate surface area is 147 Å². The van der Waals surface area contributed by atoms with Crippen LogP contribution in [0, 0.1) is 0 Å². The summed E-state index contributed by atoms with van der Waals surface area (Å²) in [6, 6.07) is 17.2. The van der Waals surface area contributed by atoms with Crippen LogP contribution in [-0.2, 0) is 5.75 Å². The monoisotopic (exact) mass is 342 g/mol. The van der Waals surface area contributed by atoms with Gasteiger partial charge in [-0.15, -0.1) is 0 Å². The normalized spacial score (nSPS) is 11.3. The molecule has 126 valence electrons. The van der Waals surface area contributed by atoms with Crippen molar-refractivity contribution in [3.05, 3.63) is 71.3 Å². The third kappa shape index (κ3) is 4.61. The lowest BCUT2D eigenvalue weighted by Crippen LogP contribution is -2.32. The van der Waals surface area contributed by atoms with E-state index in [1.807, 2.05) is 44.2 Å². The Morgan fingerprint density at radius 1 is 1.00 bits per heavy atom. The van der Waals surface area contributed by atoms with Crippen LogP contribution in [0.5, 0.6) is 0 Å². The van der Waals surface area contributed by atoms with Crippen molar-refractivity contribution in [1.82, 2.24) is 4.90 Å². The molecule has 0 fully saturated rings. The number of amidine groups is 1. The minimum absolute atomic E-state index is 0.281. The molecule has 2 aromatic rings. The topological polar surface area (TPSA) is 52.9 Å². The largest absolute Gasteiger partial charge is 0.478 e. The molecule has 0 saturated heterocycles. The number of hydrogen-bond acceptors (Lipinski definition) is 3. The molecule has 0 aromatic heterocycles. The lowest BCUT2D eigenvalue weighted by Gasteiger charge is -2.24. The molecule has 0 saturated carbocycles. The minimum Gasteiger partial charge on any atom is -0.478 e. The molecule has 2 aromatic carbocycles. The van der Waals surface area contributed by atoms with E-state index in [1.54, 1.807) is 12.1 Å². The number of nitrogens with zero attached hydrogens (tertiary/aromatic N) is 2. The third-order valence-electron chi connectivity index (χ3n) is 3.69. The first-order chi connectivity index (χ1) is 11.7. The predicted molar refractivity (Wildman–Crippen MR) is 101 cm³/mol. The molecular formula is C19H22N2O2S. The Morgan fingerprint density at radius 2 is 1.58 bits per heavy atom. The van der Waals surface area contributed by atoms with Crippen molar-refractivity contribution < 1.29 is 9.90 Å². The standard InChI is InChI=1S/C19H22N2O2S/c1-3-21(4-2)18(16-12-8-9-13-17(16)19(22)23)20-24-14-15-10-6-5-7-11-15/h5-13H,3-4,14H2,1-2H3,(H,22,23)/b20-18+. The lowest BCUT2D eigenvalue weighted by molar-refractivity contribution is 0.0696. The highest BCUT2D eigenvalue weighted by molar-refractivity contribution is 7.97. The number of carboxylic acid groups (broad SMARTS) is 1.